The van der Waals surface area contributed by atoms with Crippen molar-refractivity contribution in [1.29, 1.82) is 0 Å². The van der Waals surface area contributed by atoms with Crippen molar-refractivity contribution in [3.05, 3.63) is 51.3 Å². The minimum atomic E-state index is -0.134. The summed E-state index contributed by atoms with van der Waals surface area (Å²) in [6, 6.07) is 7.22. The monoisotopic (exact) mass is 564 g/mol. The second-order valence-electron chi connectivity index (χ2n) is 10.2. The molecule has 11 heteroatoms. The lowest BCUT2D eigenvalue weighted by Gasteiger charge is -2.47. The first-order valence-corrected chi connectivity index (χ1v) is 13.7. The summed E-state index contributed by atoms with van der Waals surface area (Å²) in [6.45, 7) is 3.33. The first-order valence-electron chi connectivity index (χ1n) is 12.9. The predicted octanol–water partition coefficient (Wildman–Crippen LogP) is 4.33. The molecule has 2 fully saturated rings. The van der Waals surface area contributed by atoms with Gasteiger partial charge in [0.25, 0.3) is 12.4 Å². The summed E-state index contributed by atoms with van der Waals surface area (Å²) in [6.07, 6.45) is 5.53. The van der Waals surface area contributed by atoms with Crippen LogP contribution < -0.4 is 0 Å². The second-order valence-corrected chi connectivity index (χ2v) is 11.0. The van der Waals surface area contributed by atoms with Gasteiger partial charge in [-0.1, -0.05) is 23.2 Å². The van der Waals surface area contributed by atoms with Gasteiger partial charge in [0.05, 0.1) is 18.7 Å². The number of carbonyl (C=O) groups is 3. The highest BCUT2D eigenvalue weighted by molar-refractivity contribution is 6.34. The number of nitrogens with zero attached hydrogens (tertiary/aromatic N) is 4. The quantitative estimate of drug-likeness (QED) is 0.394. The van der Waals surface area contributed by atoms with Gasteiger partial charge in [-0.05, 0) is 75.4 Å². The summed E-state index contributed by atoms with van der Waals surface area (Å²) in [5.41, 5.74) is 2.45. The molecule has 1 aromatic heterocycles. The van der Waals surface area contributed by atoms with E-state index in [9.17, 15) is 14.4 Å². The van der Waals surface area contributed by atoms with Gasteiger partial charge < -0.3 is 19.3 Å². The fraction of sp³-hybridized carbons (Fsp3) is 0.556. The maximum Gasteiger partial charge on any atom is 0.308 e. The van der Waals surface area contributed by atoms with Gasteiger partial charge in [-0.3, -0.25) is 19.1 Å². The second kappa shape index (κ2) is 13.0. The van der Waals surface area contributed by atoms with E-state index >= 15 is 0 Å². The van der Waals surface area contributed by atoms with Gasteiger partial charge in [-0.2, -0.15) is 5.10 Å². The Morgan fingerprint density at radius 1 is 1.05 bits per heavy atom. The van der Waals surface area contributed by atoms with Crippen LogP contribution in [0.2, 0.25) is 10.0 Å². The van der Waals surface area contributed by atoms with Crippen molar-refractivity contribution in [3.63, 3.8) is 0 Å². The third-order valence-electron chi connectivity index (χ3n) is 7.41. The Morgan fingerprint density at radius 2 is 1.74 bits per heavy atom. The van der Waals surface area contributed by atoms with Crippen LogP contribution in [0.5, 0.6) is 0 Å². The normalized spacial score (nSPS) is 22.8. The van der Waals surface area contributed by atoms with E-state index in [0.29, 0.717) is 35.1 Å². The smallest absolute Gasteiger partial charge is 0.308 e. The summed E-state index contributed by atoms with van der Waals surface area (Å²) >= 11 is 11.4. The molecule has 9 nitrogen and oxygen atoms in total. The average Bonchev–Trinajstić information content (AvgIpc) is 3.19. The minimum Gasteiger partial charge on any atom is -0.469 e. The molecule has 0 radical (unpaired) electrons. The number of benzene rings is 1. The molecule has 0 aliphatic carbocycles. The molecule has 0 saturated carbocycles. The molecule has 4 heterocycles. The van der Waals surface area contributed by atoms with Crippen LogP contribution in [0.3, 0.4) is 0 Å². The van der Waals surface area contributed by atoms with Crippen LogP contribution in [0.4, 0.5) is 0 Å². The van der Waals surface area contributed by atoms with Crippen molar-refractivity contribution in [3.8, 4) is 0 Å². The molecule has 3 aliphatic heterocycles. The average molecular weight is 565 g/mol. The number of carbonyl (C=O) groups excluding carboxylic acids is 3. The SMILES string of the molecule is COC(=O)C1CC2CCCC(C1)N2C(=O)c1cc2n(n1)CCCN(C)C2.O=COCc1cc(Cl)cc(Cl)c1. The van der Waals surface area contributed by atoms with Crippen LogP contribution in [0.25, 0.3) is 0 Å². The summed E-state index contributed by atoms with van der Waals surface area (Å²) in [5, 5.41) is 5.69. The van der Waals surface area contributed by atoms with Gasteiger partial charge in [-0.25, -0.2) is 0 Å². The Bertz CT molecular complexity index is 1120. The van der Waals surface area contributed by atoms with Crippen molar-refractivity contribution >= 4 is 41.6 Å². The zero-order valence-electron chi connectivity index (χ0n) is 21.8. The molecule has 2 saturated heterocycles. The van der Waals surface area contributed by atoms with Crippen molar-refractivity contribution in [2.24, 2.45) is 5.92 Å². The van der Waals surface area contributed by atoms with Gasteiger partial charge in [0.15, 0.2) is 5.69 Å². The molecular formula is C27H34Cl2N4O5. The number of aromatic nitrogens is 2. The lowest BCUT2D eigenvalue weighted by Crippen LogP contribution is -2.55. The Morgan fingerprint density at radius 3 is 2.37 bits per heavy atom. The van der Waals surface area contributed by atoms with E-state index in [2.05, 4.69) is 21.8 Å². The van der Waals surface area contributed by atoms with E-state index < -0.39 is 0 Å². The Hall–Kier alpha value is -2.62. The number of halogens is 2. The number of aryl methyl sites for hydroxylation is 1. The maximum absolute atomic E-state index is 13.3. The number of ether oxygens (including phenoxy) is 2. The van der Waals surface area contributed by atoms with Gasteiger partial charge in [0.1, 0.15) is 6.61 Å². The summed E-state index contributed by atoms with van der Waals surface area (Å²) in [7, 11) is 3.55. The standard InChI is InChI=1S/C19H28N4O3.C8H6Cl2O2/c1-21-7-4-8-22-16(12-21)11-17(20-22)18(24)23-14-5-3-6-15(23)10-13(9-14)19(25)26-2;9-7-1-6(4-12-5-11)2-8(10)3-7/h11,13-15H,3-10,12H2,1-2H3;1-3,5H,4H2. The number of piperidine rings is 2. The van der Waals surface area contributed by atoms with E-state index in [1.807, 2.05) is 15.6 Å². The maximum atomic E-state index is 13.3. The van der Waals surface area contributed by atoms with E-state index in [-0.39, 0.29) is 36.5 Å². The molecule has 2 atom stereocenters. The fourth-order valence-corrected chi connectivity index (χ4v) is 6.33. The highest BCUT2D eigenvalue weighted by Crippen LogP contribution is 2.38. The number of hydrogen-bond acceptors (Lipinski definition) is 7. The molecule has 2 aromatic rings. The third kappa shape index (κ3) is 6.87. The van der Waals surface area contributed by atoms with Crippen LogP contribution in [-0.4, -0.2) is 70.7 Å². The highest BCUT2D eigenvalue weighted by atomic mass is 35.5. The van der Waals surface area contributed by atoms with Crippen molar-refractivity contribution in [2.75, 3.05) is 20.7 Å². The lowest BCUT2D eigenvalue weighted by molar-refractivity contribution is -0.149. The van der Waals surface area contributed by atoms with Gasteiger partial charge >= 0.3 is 5.97 Å². The number of fused-ring (bicyclic) bond motifs is 3. The van der Waals surface area contributed by atoms with E-state index in [0.717, 1.165) is 56.6 Å². The topological polar surface area (TPSA) is 94.0 Å². The van der Waals surface area contributed by atoms with Crippen molar-refractivity contribution in [1.82, 2.24) is 19.6 Å². The minimum absolute atomic E-state index is 0.0336. The Kier molecular flexibility index (Phi) is 9.68. The van der Waals surface area contributed by atoms with E-state index in [1.165, 1.54) is 7.11 Å². The summed E-state index contributed by atoms with van der Waals surface area (Å²) < 4.78 is 11.5. The van der Waals surface area contributed by atoms with Crippen LogP contribution in [0, 0.1) is 5.92 Å². The number of hydrogen-bond donors (Lipinski definition) is 0. The van der Waals surface area contributed by atoms with Gasteiger partial charge in [0.2, 0.25) is 0 Å². The molecule has 2 bridgehead atoms. The molecule has 0 spiro atoms. The molecule has 2 unspecified atom stereocenters. The number of rotatable bonds is 5. The molecule has 38 heavy (non-hydrogen) atoms. The third-order valence-corrected chi connectivity index (χ3v) is 7.84. The first kappa shape index (κ1) is 28.4. The zero-order valence-corrected chi connectivity index (χ0v) is 23.3. The Labute approximate surface area is 232 Å². The van der Waals surface area contributed by atoms with Crippen LogP contribution >= 0.6 is 23.2 Å². The summed E-state index contributed by atoms with van der Waals surface area (Å²) in [4.78, 5) is 39.4. The first-order chi connectivity index (χ1) is 18.3. The van der Waals surface area contributed by atoms with Gasteiger partial charge in [-0.15, -0.1) is 0 Å². The molecule has 5 rings (SSSR count). The molecular weight excluding hydrogens is 531 g/mol. The molecule has 206 valence electrons. The van der Waals surface area contributed by atoms with Crippen LogP contribution in [0.1, 0.15) is 60.3 Å². The highest BCUT2D eigenvalue weighted by Gasteiger charge is 2.44. The predicted molar refractivity (Wildman–Crippen MR) is 143 cm³/mol. The fourth-order valence-electron chi connectivity index (χ4n) is 5.76. The zero-order chi connectivity index (χ0) is 27.2. The number of esters is 1. The van der Waals surface area contributed by atoms with Crippen molar-refractivity contribution < 1.29 is 23.9 Å². The van der Waals surface area contributed by atoms with Crippen molar-refractivity contribution in [2.45, 2.75) is 70.3 Å². The molecule has 1 amide bonds. The number of amides is 1. The van der Waals surface area contributed by atoms with E-state index in [4.69, 9.17) is 27.9 Å². The summed E-state index contributed by atoms with van der Waals surface area (Å²) in [5.74, 6) is -0.177. The largest absolute Gasteiger partial charge is 0.469 e. The molecule has 3 aliphatic rings. The van der Waals surface area contributed by atoms with Crippen LogP contribution in [0.15, 0.2) is 24.3 Å². The molecule has 1 aromatic carbocycles. The molecule has 0 N–H and O–H groups in total. The number of methoxy groups -OCH3 is 1. The Balaban J connectivity index is 0.000000236. The van der Waals surface area contributed by atoms with Crippen LogP contribution in [-0.2, 0) is 38.8 Å². The lowest BCUT2D eigenvalue weighted by atomic mass is 9.78. The van der Waals surface area contributed by atoms with Gasteiger partial charge in [0, 0.05) is 41.8 Å². The van der Waals surface area contributed by atoms with E-state index in [1.54, 1.807) is 18.2 Å².